The van der Waals surface area contributed by atoms with Crippen molar-refractivity contribution in [2.24, 2.45) is 0 Å². The summed E-state index contributed by atoms with van der Waals surface area (Å²) >= 11 is 0. The molecular weight excluding hydrogens is 206 g/mol. The van der Waals surface area contributed by atoms with Crippen molar-refractivity contribution < 1.29 is 14.6 Å². The van der Waals surface area contributed by atoms with Gasteiger partial charge >= 0.3 is 0 Å². The van der Waals surface area contributed by atoms with E-state index in [1.54, 1.807) is 0 Å². The van der Waals surface area contributed by atoms with Gasteiger partial charge in [0.15, 0.2) is 11.5 Å². The third-order valence-electron chi connectivity index (χ3n) is 2.56. The first-order chi connectivity index (χ1) is 7.81. The van der Waals surface area contributed by atoms with E-state index in [0.717, 1.165) is 5.75 Å². The van der Waals surface area contributed by atoms with Gasteiger partial charge in [-0.3, -0.25) is 0 Å². The molecule has 1 aliphatic rings. The Morgan fingerprint density at radius 1 is 1.31 bits per heavy atom. The summed E-state index contributed by atoms with van der Waals surface area (Å²) < 4.78 is 11.2. The zero-order chi connectivity index (χ0) is 11.4. The summed E-state index contributed by atoms with van der Waals surface area (Å²) in [5.41, 5.74) is 0. The summed E-state index contributed by atoms with van der Waals surface area (Å²) in [6.07, 6.45) is -0.642. The lowest BCUT2D eigenvalue weighted by molar-refractivity contribution is 0.0713. The van der Waals surface area contributed by atoms with Gasteiger partial charge in [-0.2, -0.15) is 0 Å². The van der Waals surface area contributed by atoms with Crippen molar-refractivity contribution >= 4 is 0 Å². The van der Waals surface area contributed by atoms with Gasteiger partial charge in [-0.15, -0.1) is 0 Å². The summed E-state index contributed by atoms with van der Waals surface area (Å²) in [6.45, 7) is 3.79. The van der Waals surface area contributed by atoms with Crippen LogP contribution >= 0.6 is 0 Å². The molecule has 0 bridgehead atoms. The Kier molecular flexibility index (Phi) is 3.64. The van der Waals surface area contributed by atoms with Crippen LogP contribution in [0.15, 0.2) is 24.3 Å². The third-order valence-corrected chi connectivity index (χ3v) is 2.56. The van der Waals surface area contributed by atoms with Crippen LogP contribution in [-0.4, -0.2) is 37.0 Å². The molecule has 2 N–H and O–H groups in total. The molecule has 0 amide bonds. The molecule has 0 aromatic heterocycles. The first-order valence-electron chi connectivity index (χ1n) is 5.58. The van der Waals surface area contributed by atoms with Gasteiger partial charge in [-0.1, -0.05) is 12.1 Å². The van der Waals surface area contributed by atoms with Gasteiger partial charge in [0.2, 0.25) is 0 Å². The highest BCUT2D eigenvalue weighted by Crippen LogP contribution is 2.28. The normalized spacial score (nSPS) is 24.4. The van der Waals surface area contributed by atoms with Crippen molar-refractivity contribution in [2.45, 2.75) is 19.1 Å². The van der Waals surface area contributed by atoms with Gasteiger partial charge in [-0.05, 0) is 19.1 Å². The average molecular weight is 223 g/mol. The van der Waals surface area contributed by atoms with Gasteiger partial charge in [0.25, 0.3) is 0 Å². The third kappa shape index (κ3) is 2.46. The van der Waals surface area contributed by atoms with Crippen LogP contribution in [0.4, 0.5) is 0 Å². The molecular formula is C12H17NO3. The maximum atomic E-state index is 9.64. The number of aliphatic hydroxyl groups excluding tert-OH is 1. The lowest BCUT2D eigenvalue weighted by Gasteiger charge is -2.18. The van der Waals surface area contributed by atoms with Crippen LogP contribution in [0.1, 0.15) is 6.92 Å². The second-order valence-electron chi connectivity index (χ2n) is 3.76. The maximum Gasteiger partial charge on any atom is 0.161 e. The van der Waals surface area contributed by atoms with E-state index in [-0.39, 0.29) is 6.10 Å². The highest BCUT2D eigenvalue weighted by molar-refractivity contribution is 5.39. The Labute approximate surface area is 95.2 Å². The average Bonchev–Trinajstić information content (AvgIpc) is 2.68. The van der Waals surface area contributed by atoms with Crippen LogP contribution in [0.25, 0.3) is 0 Å². The topological polar surface area (TPSA) is 50.7 Å². The molecule has 1 aromatic rings. The highest BCUT2D eigenvalue weighted by Gasteiger charge is 2.27. The van der Waals surface area contributed by atoms with E-state index in [0.29, 0.717) is 25.4 Å². The quantitative estimate of drug-likeness (QED) is 0.792. The van der Waals surface area contributed by atoms with Gasteiger partial charge in [0, 0.05) is 13.1 Å². The van der Waals surface area contributed by atoms with E-state index >= 15 is 0 Å². The van der Waals surface area contributed by atoms with Crippen molar-refractivity contribution in [3.05, 3.63) is 24.3 Å². The van der Waals surface area contributed by atoms with E-state index in [1.807, 2.05) is 31.2 Å². The molecule has 2 atom stereocenters. The smallest absolute Gasteiger partial charge is 0.161 e. The zero-order valence-corrected chi connectivity index (χ0v) is 9.35. The number of para-hydroxylation sites is 2. The van der Waals surface area contributed by atoms with E-state index in [4.69, 9.17) is 9.47 Å². The molecule has 1 saturated heterocycles. The van der Waals surface area contributed by atoms with E-state index < -0.39 is 6.10 Å². The lowest BCUT2D eigenvalue weighted by atomic mass is 10.2. The molecule has 1 fully saturated rings. The number of hydrogen-bond acceptors (Lipinski definition) is 4. The second kappa shape index (κ2) is 5.18. The molecule has 1 aliphatic heterocycles. The molecule has 16 heavy (non-hydrogen) atoms. The predicted molar refractivity (Wildman–Crippen MR) is 60.9 cm³/mol. The Balaban J connectivity index is 2.07. The van der Waals surface area contributed by atoms with Gasteiger partial charge in [0.1, 0.15) is 12.2 Å². The molecule has 0 spiro atoms. The number of nitrogens with one attached hydrogen (secondary N) is 1. The Bertz CT molecular complexity index is 343. The molecule has 1 aromatic carbocycles. The fraction of sp³-hybridized carbons (Fsp3) is 0.500. The number of benzene rings is 1. The minimum atomic E-state index is -0.449. The number of rotatable bonds is 4. The Morgan fingerprint density at radius 2 is 2.06 bits per heavy atom. The SMILES string of the molecule is CCOc1ccccc1O[C@H]1CNC[C@@H]1O. The zero-order valence-electron chi connectivity index (χ0n) is 9.35. The standard InChI is InChI=1S/C12H17NO3/c1-2-15-10-5-3-4-6-11(10)16-12-8-13-7-9(12)14/h3-6,9,12-14H,2,7-8H2,1H3/t9-,12-/m0/s1. The number of ether oxygens (including phenoxy) is 2. The van der Waals surface area contributed by atoms with Gasteiger partial charge < -0.3 is 19.9 Å². The summed E-state index contributed by atoms with van der Waals surface area (Å²) in [4.78, 5) is 0. The molecule has 0 radical (unpaired) electrons. The van der Waals surface area contributed by atoms with E-state index in [2.05, 4.69) is 5.32 Å². The summed E-state index contributed by atoms with van der Waals surface area (Å²) in [6, 6.07) is 7.53. The summed E-state index contributed by atoms with van der Waals surface area (Å²) in [7, 11) is 0. The summed E-state index contributed by atoms with van der Waals surface area (Å²) in [5.74, 6) is 1.42. The van der Waals surface area contributed by atoms with Crippen molar-refractivity contribution in [3.8, 4) is 11.5 Å². The monoisotopic (exact) mass is 223 g/mol. The van der Waals surface area contributed by atoms with E-state index in [9.17, 15) is 5.11 Å². The molecule has 2 rings (SSSR count). The first-order valence-corrected chi connectivity index (χ1v) is 5.58. The number of β-amino-alcohol motifs (C(OH)–C–C–N with tert-alkyl or cyclic N) is 1. The van der Waals surface area contributed by atoms with Gasteiger partial charge in [-0.25, -0.2) is 0 Å². The molecule has 0 saturated carbocycles. The molecule has 4 nitrogen and oxygen atoms in total. The first kappa shape index (κ1) is 11.2. The number of hydrogen-bond donors (Lipinski definition) is 2. The summed E-state index contributed by atoms with van der Waals surface area (Å²) in [5, 5.41) is 12.7. The highest BCUT2D eigenvalue weighted by atomic mass is 16.5. The van der Waals surface area contributed by atoms with Crippen molar-refractivity contribution in [1.29, 1.82) is 0 Å². The van der Waals surface area contributed by atoms with Crippen LogP contribution < -0.4 is 14.8 Å². The fourth-order valence-electron chi connectivity index (χ4n) is 1.75. The van der Waals surface area contributed by atoms with E-state index in [1.165, 1.54) is 0 Å². The van der Waals surface area contributed by atoms with Crippen LogP contribution in [0.3, 0.4) is 0 Å². The van der Waals surface area contributed by atoms with Crippen LogP contribution in [-0.2, 0) is 0 Å². The second-order valence-corrected chi connectivity index (χ2v) is 3.76. The van der Waals surface area contributed by atoms with Crippen LogP contribution in [0.2, 0.25) is 0 Å². The van der Waals surface area contributed by atoms with Crippen molar-refractivity contribution in [2.75, 3.05) is 19.7 Å². The minimum Gasteiger partial charge on any atom is -0.490 e. The molecule has 0 unspecified atom stereocenters. The molecule has 88 valence electrons. The largest absolute Gasteiger partial charge is 0.490 e. The Hall–Kier alpha value is -1.26. The van der Waals surface area contributed by atoms with Crippen LogP contribution in [0, 0.1) is 0 Å². The minimum absolute atomic E-state index is 0.193. The van der Waals surface area contributed by atoms with Crippen molar-refractivity contribution in [1.82, 2.24) is 5.32 Å². The molecule has 4 heteroatoms. The lowest BCUT2D eigenvalue weighted by Crippen LogP contribution is -2.29. The predicted octanol–water partition coefficient (Wildman–Crippen LogP) is 0.797. The maximum absolute atomic E-state index is 9.64. The van der Waals surface area contributed by atoms with Crippen LogP contribution in [0.5, 0.6) is 11.5 Å². The van der Waals surface area contributed by atoms with Crippen molar-refractivity contribution in [3.63, 3.8) is 0 Å². The fourth-order valence-corrected chi connectivity index (χ4v) is 1.75. The molecule has 0 aliphatic carbocycles. The number of aliphatic hydroxyl groups is 1. The van der Waals surface area contributed by atoms with Gasteiger partial charge in [0.05, 0.1) is 6.61 Å². The molecule has 1 heterocycles. The Morgan fingerprint density at radius 3 is 2.69 bits per heavy atom.